The minimum atomic E-state index is 0.565. The van der Waals surface area contributed by atoms with Crippen LogP contribution in [0.3, 0.4) is 0 Å². The van der Waals surface area contributed by atoms with E-state index in [0.717, 1.165) is 11.5 Å². The summed E-state index contributed by atoms with van der Waals surface area (Å²) in [5.74, 6) is 8.07. The van der Waals surface area contributed by atoms with E-state index >= 15 is 0 Å². The Kier molecular flexibility index (Phi) is 5.03. The summed E-state index contributed by atoms with van der Waals surface area (Å²) < 4.78 is 0. The lowest BCUT2D eigenvalue weighted by Crippen LogP contribution is -2.20. The van der Waals surface area contributed by atoms with Gasteiger partial charge in [-0.3, -0.25) is 0 Å². The summed E-state index contributed by atoms with van der Waals surface area (Å²) in [5, 5.41) is 0. The zero-order valence-corrected chi connectivity index (χ0v) is 11.9. The highest BCUT2D eigenvalue weighted by Gasteiger charge is 2.10. The lowest BCUT2D eigenvalue weighted by atomic mass is 9.90. The molecule has 0 N–H and O–H groups in total. The van der Waals surface area contributed by atoms with Crippen molar-refractivity contribution >= 4 is 11.5 Å². The molecule has 1 saturated carbocycles. The zero-order chi connectivity index (χ0) is 13.5. The molecule has 0 saturated heterocycles. The van der Waals surface area contributed by atoms with Gasteiger partial charge in [-0.1, -0.05) is 43.4 Å². The van der Waals surface area contributed by atoms with Crippen LogP contribution in [0.1, 0.15) is 32.1 Å². The number of hydrogen-bond acceptors (Lipinski definition) is 1. The number of aliphatic imine (C=N–C) groups is 1. The van der Waals surface area contributed by atoms with Gasteiger partial charge in [-0.25, -0.2) is 4.99 Å². The van der Waals surface area contributed by atoms with Gasteiger partial charge in [0.05, 0.1) is 5.69 Å². The monoisotopic (exact) mass is 254 g/mol. The Hall–Kier alpha value is -1.75. The van der Waals surface area contributed by atoms with Gasteiger partial charge in [0.2, 0.25) is 0 Å². The second kappa shape index (κ2) is 6.99. The molecule has 0 atom stereocenters. The summed E-state index contributed by atoms with van der Waals surface area (Å²) in [6.45, 7) is 0. The van der Waals surface area contributed by atoms with Crippen molar-refractivity contribution in [3.8, 4) is 11.8 Å². The Morgan fingerprint density at radius 1 is 1.11 bits per heavy atom. The van der Waals surface area contributed by atoms with E-state index in [1.165, 1.54) is 32.1 Å². The molecule has 0 spiro atoms. The summed E-state index contributed by atoms with van der Waals surface area (Å²) >= 11 is 0. The molecule has 1 aliphatic rings. The maximum atomic E-state index is 4.61. The summed E-state index contributed by atoms with van der Waals surface area (Å²) in [4.78, 5) is 6.60. The molecule has 0 aliphatic heterocycles. The Morgan fingerprint density at radius 3 is 2.42 bits per heavy atom. The van der Waals surface area contributed by atoms with Crippen molar-refractivity contribution in [2.75, 3.05) is 14.1 Å². The lowest BCUT2D eigenvalue weighted by Gasteiger charge is -2.16. The molecule has 2 heteroatoms. The van der Waals surface area contributed by atoms with Gasteiger partial charge in [0.1, 0.15) is 0 Å². The Labute approximate surface area is 116 Å². The van der Waals surface area contributed by atoms with Crippen LogP contribution in [0.25, 0.3) is 0 Å². The lowest BCUT2D eigenvalue weighted by molar-refractivity contribution is 0.430. The van der Waals surface area contributed by atoms with Crippen LogP contribution in [-0.2, 0) is 0 Å². The Balaban J connectivity index is 2.12. The third-order valence-electron chi connectivity index (χ3n) is 3.41. The van der Waals surface area contributed by atoms with Crippen LogP contribution in [0.4, 0.5) is 5.69 Å². The van der Waals surface area contributed by atoms with Gasteiger partial charge in [0.25, 0.3) is 0 Å². The van der Waals surface area contributed by atoms with Crippen LogP contribution in [0.15, 0.2) is 35.3 Å². The van der Waals surface area contributed by atoms with Crippen molar-refractivity contribution in [1.82, 2.24) is 4.90 Å². The Bertz CT molecular complexity index is 471. The van der Waals surface area contributed by atoms with Crippen LogP contribution in [0.2, 0.25) is 0 Å². The number of rotatable bonds is 1. The van der Waals surface area contributed by atoms with E-state index in [4.69, 9.17) is 0 Å². The SMILES string of the molecule is CN(C)C(C#CC1CCCCC1)=Nc1ccccc1. The molecule has 0 unspecified atom stereocenters. The van der Waals surface area contributed by atoms with E-state index in [2.05, 4.69) is 16.8 Å². The van der Waals surface area contributed by atoms with E-state index in [9.17, 15) is 0 Å². The van der Waals surface area contributed by atoms with Crippen molar-refractivity contribution in [2.24, 2.45) is 10.9 Å². The number of benzene rings is 1. The maximum Gasteiger partial charge on any atom is 0.181 e. The molecular formula is C17H22N2. The summed E-state index contributed by atoms with van der Waals surface area (Å²) in [6, 6.07) is 10.0. The molecule has 0 amide bonds. The van der Waals surface area contributed by atoms with Crippen molar-refractivity contribution < 1.29 is 0 Å². The first-order valence-corrected chi connectivity index (χ1v) is 7.08. The fourth-order valence-electron chi connectivity index (χ4n) is 2.28. The van der Waals surface area contributed by atoms with Gasteiger partial charge in [-0.2, -0.15) is 0 Å². The van der Waals surface area contributed by atoms with Gasteiger partial charge in [0.15, 0.2) is 5.84 Å². The van der Waals surface area contributed by atoms with E-state index in [1.807, 2.05) is 49.3 Å². The van der Waals surface area contributed by atoms with Gasteiger partial charge in [-0.05, 0) is 30.9 Å². The summed E-state index contributed by atoms with van der Waals surface area (Å²) in [6.07, 6.45) is 6.52. The van der Waals surface area contributed by atoms with Crippen molar-refractivity contribution in [3.63, 3.8) is 0 Å². The highest BCUT2D eigenvalue weighted by Crippen LogP contribution is 2.22. The molecule has 0 radical (unpaired) electrons. The molecule has 100 valence electrons. The molecule has 0 aromatic heterocycles. The predicted octanol–water partition coefficient (Wildman–Crippen LogP) is 3.86. The molecule has 1 aliphatic carbocycles. The smallest absolute Gasteiger partial charge is 0.181 e. The molecule has 1 aromatic rings. The average molecular weight is 254 g/mol. The average Bonchev–Trinajstić information content (AvgIpc) is 2.45. The normalized spacial score (nSPS) is 16.6. The second-order valence-electron chi connectivity index (χ2n) is 5.27. The topological polar surface area (TPSA) is 15.6 Å². The zero-order valence-electron chi connectivity index (χ0n) is 11.9. The molecule has 1 aromatic carbocycles. The number of hydrogen-bond donors (Lipinski definition) is 0. The van der Waals surface area contributed by atoms with Crippen molar-refractivity contribution in [1.29, 1.82) is 0 Å². The van der Waals surface area contributed by atoms with Crippen LogP contribution < -0.4 is 0 Å². The summed E-state index contributed by atoms with van der Waals surface area (Å²) in [7, 11) is 3.99. The number of amidine groups is 1. The second-order valence-corrected chi connectivity index (χ2v) is 5.27. The fourth-order valence-corrected chi connectivity index (χ4v) is 2.28. The minimum absolute atomic E-state index is 0.565. The van der Waals surface area contributed by atoms with Crippen LogP contribution in [0.5, 0.6) is 0 Å². The van der Waals surface area contributed by atoms with Crippen LogP contribution in [0, 0.1) is 17.8 Å². The third kappa shape index (κ3) is 4.44. The van der Waals surface area contributed by atoms with Crippen molar-refractivity contribution in [2.45, 2.75) is 32.1 Å². The van der Waals surface area contributed by atoms with Gasteiger partial charge in [0, 0.05) is 20.0 Å². The first kappa shape index (κ1) is 13.7. The number of nitrogens with zero attached hydrogens (tertiary/aromatic N) is 2. The fraction of sp³-hybridized carbons (Fsp3) is 0.471. The third-order valence-corrected chi connectivity index (χ3v) is 3.41. The van der Waals surface area contributed by atoms with Gasteiger partial charge >= 0.3 is 0 Å². The van der Waals surface area contributed by atoms with E-state index in [-0.39, 0.29) is 0 Å². The Morgan fingerprint density at radius 2 is 1.79 bits per heavy atom. The van der Waals surface area contributed by atoms with Gasteiger partial charge in [-0.15, -0.1) is 0 Å². The first-order valence-electron chi connectivity index (χ1n) is 7.08. The number of para-hydroxylation sites is 1. The highest BCUT2D eigenvalue weighted by atomic mass is 15.1. The van der Waals surface area contributed by atoms with E-state index in [0.29, 0.717) is 5.92 Å². The maximum absolute atomic E-state index is 4.61. The molecule has 1 fully saturated rings. The van der Waals surface area contributed by atoms with Crippen molar-refractivity contribution in [3.05, 3.63) is 30.3 Å². The quantitative estimate of drug-likeness (QED) is 0.422. The molecule has 0 heterocycles. The first-order chi connectivity index (χ1) is 9.25. The molecular weight excluding hydrogens is 232 g/mol. The van der Waals surface area contributed by atoms with E-state index < -0.39 is 0 Å². The van der Waals surface area contributed by atoms with E-state index in [1.54, 1.807) is 0 Å². The standard InChI is InChI=1S/C17H22N2/c1-19(2)17(18-16-11-7-4-8-12-16)14-13-15-9-5-3-6-10-15/h4,7-8,11-12,15H,3,5-6,9-10H2,1-2H3. The van der Waals surface area contributed by atoms with Gasteiger partial charge < -0.3 is 4.90 Å². The van der Waals surface area contributed by atoms with Crippen LogP contribution >= 0.6 is 0 Å². The molecule has 2 rings (SSSR count). The molecule has 0 bridgehead atoms. The minimum Gasteiger partial charge on any atom is -0.356 e. The largest absolute Gasteiger partial charge is 0.356 e. The summed E-state index contributed by atoms with van der Waals surface area (Å²) in [5.41, 5.74) is 0.962. The highest BCUT2D eigenvalue weighted by molar-refractivity contribution is 5.99. The predicted molar refractivity (Wildman–Crippen MR) is 81.6 cm³/mol. The molecule has 2 nitrogen and oxygen atoms in total. The molecule has 19 heavy (non-hydrogen) atoms. The van der Waals surface area contributed by atoms with Crippen LogP contribution in [-0.4, -0.2) is 24.8 Å².